The van der Waals surface area contributed by atoms with E-state index >= 15 is 0 Å². The van der Waals surface area contributed by atoms with Gasteiger partial charge in [0.1, 0.15) is 11.5 Å². The number of amides is 1. The number of hydrogen-bond acceptors (Lipinski definition) is 4. The van der Waals surface area contributed by atoms with E-state index in [-0.39, 0.29) is 17.4 Å². The van der Waals surface area contributed by atoms with E-state index in [9.17, 15) is 9.59 Å². The fraction of sp³-hybridized carbons (Fsp3) is 0.409. The second-order valence-corrected chi connectivity index (χ2v) is 7.95. The molecule has 6 nitrogen and oxygen atoms in total. The average Bonchev–Trinajstić information content (AvgIpc) is 3.50. The summed E-state index contributed by atoms with van der Waals surface area (Å²) in [7, 11) is 0. The van der Waals surface area contributed by atoms with E-state index < -0.39 is 0 Å². The van der Waals surface area contributed by atoms with Gasteiger partial charge >= 0.3 is 0 Å². The highest BCUT2D eigenvalue weighted by molar-refractivity contribution is 5.95. The van der Waals surface area contributed by atoms with Crippen molar-refractivity contribution in [2.75, 3.05) is 13.1 Å². The Morgan fingerprint density at radius 2 is 1.96 bits per heavy atom. The summed E-state index contributed by atoms with van der Waals surface area (Å²) in [5.74, 6) is 2.47. The Kier molecular flexibility index (Phi) is 4.07. The summed E-state index contributed by atoms with van der Waals surface area (Å²) in [6.07, 6.45) is 5.67. The number of fused-ring (bicyclic) bond motifs is 1. The predicted molar refractivity (Wildman–Crippen MR) is 106 cm³/mol. The third kappa shape index (κ3) is 3.03. The molecule has 28 heavy (non-hydrogen) atoms. The number of carbonyl (C=O) groups excluding carboxylic acids is 1. The lowest BCUT2D eigenvalue weighted by Gasteiger charge is -2.32. The van der Waals surface area contributed by atoms with Crippen LogP contribution >= 0.6 is 0 Å². The third-order valence-electron chi connectivity index (χ3n) is 6.00. The van der Waals surface area contributed by atoms with Crippen LogP contribution < -0.4 is 5.56 Å². The first-order valence-electron chi connectivity index (χ1n) is 9.97. The molecule has 1 aliphatic heterocycles. The van der Waals surface area contributed by atoms with Crippen molar-refractivity contribution < 1.29 is 9.21 Å². The summed E-state index contributed by atoms with van der Waals surface area (Å²) < 4.78 is 5.80. The molecule has 3 aromatic rings. The molecular weight excluding hydrogens is 354 g/mol. The predicted octanol–water partition coefficient (Wildman–Crippen LogP) is 3.72. The molecular formula is C22H23N3O3. The number of piperidine rings is 1. The fourth-order valence-corrected chi connectivity index (χ4v) is 4.18. The van der Waals surface area contributed by atoms with Crippen LogP contribution in [0.5, 0.6) is 0 Å². The van der Waals surface area contributed by atoms with E-state index in [4.69, 9.17) is 4.42 Å². The minimum atomic E-state index is -0.0965. The maximum absolute atomic E-state index is 12.9. The van der Waals surface area contributed by atoms with E-state index in [1.807, 2.05) is 24.0 Å². The molecule has 2 fully saturated rings. The lowest BCUT2D eigenvalue weighted by molar-refractivity contribution is 0.0710. The summed E-state index contributed by atoms with van der Waals surface area (Å²) in [6.45, 7) is 3.23. The van der Waals surface area contributed by atoms with Crippen LogP contribution in [0, 0.1) is 6.92 Å². The smallest absolute Gasteiger partial charge is 0.257 e. The summed E-state index contributed by atoms with van der Waals surface area (Å²) in [6, 6.07) is 7.47. The van der Waals surface area contributed by atoms with E-state index in [0.717, 1.165) is 48.4 Å². The van der Waals surface area contributed by atoms with Crippen molar-refractivity contribution in [2.45, 2.75) is 44.4 Å². The molecule has 5 rings (SSSR count). The Hall–Kier alpha value is -2.89. The maximum atomic E-state index is 12.9. The molecule has 144 valence electrons. The number of carbonyl (C=O) groups is 1. The van der Waals surface area contributed by atoms with Gasteiger partial charge in [0.2, 0.25) is 0 Å². The monoisotopic (exact) mass is 377 g/mol. The number of nitrogens with one attached hydrogen (secondary N) is 1. The Balaban J connectivity index is 1.31. The number of furan rings is 1. The minimum Gasteiger partial charge on any atom is -0.465 e. The van der Waals surface area contributed by atoms with Gasteiger partial charge in [0.25, 0.3) is 11.5 Å². The average molecular weight is 377 g/mol. The first-order valence-corrected chi connectivity index (χ1v) is 9.97. The first kappa shape index (κ1) is 17.2. The van der Waals surface area contributed by atoms with Gasteiger partial charge in [-0.2, -0.15) is 0 Å². The molecule has 0 aromatic carbocycles. The van der Waals surface area contributed by atoms with Crippen LogP contribution in [0.4, 0.5) is 0 Å². The van der Waals surface area contributed by atoms with Gasteiger partial charge in [-0.15, -0.1) is 0 Å². The lowest BCUT2D eigenvalue weighted by atomic mass is 9.92. The number of pyridine rings is 2. The summed E-state index contributed by atoms with van der Waals surface area (Å²) in [4.78, 5) is 34.5. The number of aromatic nitrogens is 2. The van der Waals surface area contributed by atoms with Gasteiger partial charge in [0.05, 0.1) is 16.5 Å². The minimum absolute atomic E-state index is 0.0558. The van der Waals surface area contributed by atoms with Gasteiger partial charge < -0.3 is 14.3 Å². The molecule has 4 heterocycles. The quantitative estimate of drug-likeness (QED) is 0.754. The van der Waals surface area contributed by atoms with Crippen molar-refractivity contribution in [1.82, 2.24) is 14.9 Å². The molecule has 1 amide bonds. The number of nitrogens with zero attached hydrogens (tertiary/aromatic N) is 2. The Bertz CT molecular complexity index is 1100. The number of likely N-dealkylation sites (tertiary alicyclic amines) is 1. The highest BCUT2D eigenvalue weighted by Gasteiger charge is 2.31. The maximum Gasteiger partial charge on any atom is 0.257 e. The molecule has 3 aromatic heterocycles. The van der Waals surface area contributed by atoms with Gasteiger partial charge in [0, 0.05) is 36.8 Å². The van der Waals surface area contributed by atoms with Crippen LogP contribution in [0.25, 0.3) is 10.9 Å². The Morgan fingerprint density at radius 3 is 2.71 bits per heavy atom. The van der Waals surface area contributed by atoms with E-state index in [2.05, 4.69) is 9.97 Å². The molecule has 1 saturated heterocycles. The zero-order valence-corrected chi connectivity index (χ0v) is 15.9. The third-order valence-corrected chi connectivity index (χ3v) is 6.00. The zero-order chi connectivity index (χ0) is 19.3. The van der Waals surface area contributed by atoms with E-state index in [0.29, 0.717) is 30.0 Å². The Morgan fingerprint density at radius 1 is 1.18 bits per heavy atom. The molecule has 0 unspecified atom stereocenters. The molecule has 0 radical (unpaired) electrons. The lowest BCUT2D eigenvalue weighted by Crippen LogP contribution is -2.38. The summed E-state index contributed by atoms with van der Waals surface area (Å²) in [5, 5.41) is 0.612. The van der Waals surface area contributed by atoms with Crippen LogP contribution in [-0.4, -0.2) is 33.9 Å². The molecule has 1 aliphatic carbocycles. The second kappa shape index (κ2) is 6.62. The molecule has 0 bridgehead atoms. The molecule has 2 aliphatic rings. The van der Waals surface area contributed by atoms with Crippen molar-refractivity contribution in [1.29, 1.82) is 0 Å². The van der Waals surface area contributed by atoms with Crippen molar-refractivity contribution in [3.05, 3.63) is 63.6 Å². The zero-order valence-electron chi connectivity index (χ0n) is 15.9. The van der Waals surface area contributed by atoms with Crippen LogP contribution in [-0.2, 0) is 0 Å². The number of aryl methyl sites for hydroxylation is 1. The topological polar surface area (TPSA) is 79.2 Å². The molecule has 0 spiro atoms. The van der Waals surface area contributed by atoms with Gasteiger partial charge in [-0.05, 0) is 56.9 Å². The number of aromatic amines is 1. The SMILES string of the molecule is Cc1oc(C2CC2)cc1C(=O)N1CCC(c2cc3ncccc3c(=O)[nH]2)CC1. The summed E-state index contributed by atoms with van der Waals surface area (Å²) >= 11 is 0. The first-order chi connectivity index (χ1) is 13.6. The highest BCUT2D eigenvalue weighted by atomic mass is 16.3. The standard InChI is InChI=1S/C22H23N3O3/c1-13-17(11-20(28-13)15-4-5-15)22(27)25-9-6-14(7-10-25)18-12-19-16(21(26)24-18)3-2-8-23-19/h2-3,8,11-12,14-15H,4-7,9-10H2,1H3,(H,24,26). The van der Waals surface area contributed by atoms with E-state index in [1.165, 1.54) is 0 Å². The number of H-pyrrole nitrogens is 1. The van der Waals surface area contributed by atoms with Crippen LogP contribution in [0.3, 0.4) is 0 Å². The van der Waals surface area contributed by atoms with Crippen LogP contribution in [0.1, 0.15) is 65.1 Å². The second-order valence-electron chi connectivity index (χ2n) is 7.95. The van der Waals surface area contributed by atoms with Gasteiger partial charge in [-0.25, -0.2) is 0 Å². The Labute approximate surface area is 162 Å². The molecule has 1 N–H and O–H groups in total. The van der Waals surface area contributed by atoms with Crippen LogP contribution in [0.15, 0.2) is 39.7 Å². The van der Waals surface area contributed by atoms with Crippen LogP contribution in [0.2, 0.25) is 0 Å². The number of rotatable bonds is 3. The van der Waals surface area contributed by atoms with Gasteiger partial charge in [-0.1, -0.05) is 0 Å². The fourth-order valence-electron chi connectivity index (χ4n) is 4.18. The largest absolute Gasteiger partial charge is 0.465 e. The van der Waals surface area contributed by atoms with Gasteiger partial charge in [-0.3, -0.25) is 14.6 Å². The molecule has 0 atom stereocenters. The highest BCUT2D eigenvalue weighted by Crippen LogP contribution is 2.41. The normalized spacial score (nSPS) is 18.0. The van der Waals surface area contributed by atoms with Crippen molar-refractivity contribution in [3.63, 3.8) is 0 Å². The number of hydrogen-bond donors (Lipinski definition) is 1. The van der Waals surface area contributed by atoms with Crippen molar-refractivity contribution in [2.24, 2.45) is 0 Å². The molecule has 1 saturated carbocycles. The summed E-state index contributed by atoms with van der Waals surface area (Å²) in [5.41, 5.74) is 2.24. The molecule has 6 heteroatoms. The van der Waals surface area contributed by atoms with Crippen molar-refractivity contribution >= 4 is 16.8 Å². The van der Waals surface area contributed by atoms with E-state index in [1.54, 1.807) is 18.3 Å². The van der Waals surface area contributed by atoms with Gasteiger partial charge in [0.15, 0.2) is 0 Å². The van der Waals surface area contributed by atoms with Crippen molar-refractivity contribution in [3.8, 4) is 0 Å².